The summed E-state index contributed by atoms with van der Waals surface area (Å²) >= 11 is 0. The summed E-state index contributed by atoms with van der Waals surface area (Å²) in [5.74, 6) is -1.47. The van der Waals surface area contributed by atoms with E-state index in [1.54, 1.807) is 6.92 Å². The molecule has 36 heavy (non-hydrogen) atoms. The van der Waals surface area contributed by atoms with Crippen molar-refractivity contribution in [3.63, 3.8) is 0 Å². The van der Waals surface area contributed by atoms with Crippen LogP contribution in [0.25, 0.3) is 0 Å². The smallest absolute Gasteiger partial charge is 0.204 e. The molecule has 204 valence electrons. The van der Waals surface area contributed by atoms with Crippen molar-refractivity contribution >= 4 is 0 Å². The first-order valence-corrected chi connectivity index (χ1v) is 14.1. The van der Waals surface area contributed by atoms with E-state index in [1.807, 2.05) is 0 Å². The first-order valence-electron chi connectivity index (χ1n) is 14.1. The molecule has 1 aromatic rings. The molecule has 3 rings (SSSR count). The Balaban J connectivity index is 1.37. The van der Waals surface area contributed by atoms with Crippen LogP contribution in [0.3, 0.4) is 0 Å². The minimum atomic E-state index is -1.89. The molecule has 0 heterocycles. The van der Waals surface area contributed by atoms with E-state index in [0.29, 0.717) is 24.7 Å². The zero-order valence-corrected chi connectivity index (χ0v) is 22.0. The molecule has 0 bridgehead atoms. The molecule has 2 saturated carbocycles. The van der Waals surface area contributed by atoms with Crippen molar-refractivity contribution in [1.29, 1.82) is 0 Å². The van der Waals surface area contributed by atoms with Gasteiger partial charge in [-0.3, -0.25) is 0 Å². The molecular weight excluding hydrogens is 468 g/mol. The summed E-state index contributed by atoms with van der Waals surface area (Å²) in [4.78, 5) is 0. The lowest BCUT2D eigenvalue weighted by molar-refractivity contribution is 0.0514. The Morgan fingerprint density at radius 3 is 1.92 bits per heavy atom. The summed E-state index contributed by atoms with van der Waals surface area (Å²) in [6, 6.07) is 2.41. The van der Waals surface area contributed by atoms with Gasteiger partial charge < -0.3 is 9.47 Å². The number of ether oxygens (including phenoxy) is 2. The molecule has 0 radical (unpaired) electrons. The number of hydrogen-bond donors (Lipinski definition) is 0. The zero-order chi connectivity index (χ0) is 25.9. The van der Waals surface area contributed by atoms with Gasteiger partial charge in [0.25, 0.3) is 0 Å². The van der Waals surface area contributed by atoms with Gasteiger partial charge in [0.05, 0.1) is 6.61 Å². The number of hydrogen-bond acceptors (Lipinski definition) is 2. The number of alkyl halides is 2. The Morgan fingerprint density at radius 2 is 1.36 bits per heavy atom. The summed E-state index contributed by atoms with van der Waals surface area (Å²) in [5.41, 5.74) is 0. The lowest BCUT2D eigenvalue weighted by atomic mass is 9.77. The minimum Gasteiger partial charge on any atom is -0.491 e. The maximum Gasteiger partial charge on any atom is 0.204 e. The molecule has 2 aliphatic rings. The van der Waals surface area contributed by atoms with Crippen LogP contribution in [-0.2, 0) is 0 Å². The Labute approximate surface area is 214 Å². The number of halogens is 4. The quantitative estimate of drug-likeness (QED) is 0.149. The van der Waals surface area contributed by atoms with Crippen LogP contribution in [0.15, 0.2) is 24.3 Å². The summed E-state index contributed by atoms with van der Waals surface area (Å²) < 4.78 is 67.5. The molecule has 0 amide bonds. The van der Waals surface area contributed by atoms with Crippen molar-refractivity contribution in [3.05, 3.63) is 35.9 Å². The van der Waals surface area contributed by atoms with Crippen LogP contribution in [0.1, 0.15) is 90.9 Å². The predicted molar refractivity (Wildman–Crippen MR) is 137 cm³/mol. The molecule has 1 aromatic carbocycles. The van der Waals surface area contributed by atoms with Gasteiger partial charge in [-0.05, 0) is 94.1 Å². The van der Waals surface area contributed by atoms with Crippen LogP contribution >= 0.6 is 0 Å². The molecule has 2 nitrogen and oxygen atoms in total. The Bertz CT molecular complexity index is 798. The second kappa shape index (κ2) is 14.9. The minimum absolute atomic E-state index is 0.185. The second-order valence-corrected chi connectivity index (χ2v) is 10.7. The molecule has 2 atom stereocenters. The molecule has 0 saturated heterocycles. The van der Waals surface area contributed by atoms with Crippen molar-refractivity contribution in [1.82, 2.24) is 0 Å². The molecule has 2 unspecified atom stereocenters. The lowest BCUT2D eigenvalue weighted by Crippen LogP contribution is -2.33. The van der Waals surface area contributed by atoms with E-state index in [9.17, 15) is 17.6 Å². The fourth-order valence-corrected chi connectivity index (χ4v) is 5.77. The van der Waals surface area contributed by atoms with Crippen LogP contribution < -0.4 is 9.47 Å². The number of benzene rings is 1. The monoisotopic (exact) mass is 512 g/mol. The van der Waals surface area contributed by atoms with Crippen molar-refractivity contribution in [2.24, 2.45) is 23.7 Å². The summed E-state index contributed by atoms with van der Waals surface area (Å²) in [7, 11) is 0. The molecule has 6 heteroatoms. The average Bonchev–Trinajstić information content (AvgIpc) is 2.90. The van der Waals surface area contributed by atoms with Gasteiger partial charge in [0.15, 0.2) is 17.7 Å². The third-order valence-corrected chi connectivity index (χ3v) is 8.08. The van der Waals surface area contributed by atoms with Gasteiger partial charge in [0, 0.05) is 0 Å². The van der Waals surface area contributed by atoms with Crippen LogP contribution in [0, 0.1) is 35.3 Å². The van der Waals surface area contributed by atoms with Gasteiger partial charge in [0.1, 0.15) is 12.8 Å². The maximum absolute atomic E-state index is 14.8. The van der Waals surface area contributed by atoms with Crippen LogP contribution in [-0.4, -0.2) is 25.6 Å². The van der Waals surface area contributed by atoms with E-state index in [1.165, 1.54) is 63.5 Å². The molecule has 0 N–H and O–H groups in total. The molecule has 2 aliphatic carbocycles. The van der Waals surface area contributed by atoms with Gasteiger partial charge >= 0.3 is 0 Å². The Hall–Kier alpha value is -1.72. The van der Waals surface area contributed by atoms with E-state index >= 15 is 0 Å². The van der Waals surface area contributed by atoms with Crippen LogP contribution in [0.2, 0.25) is 0 Å². The fraction of sp³-hybridized carbons (Fsp3) is 0.733. The topological polar surface area (TPSA) is 18.5 Å². The first-order chi connectivity index (χ1) is 17.4. The Kier molecular flexibility index (Phi) is 11.9. The Morgan fingerprint density at radius 1 is 0.806 bits per heavy atom. The molecule has 0 aliphatic heterocycles. The molecule has 0 aromatic heterocycles. The third-order valence-electron chi connectivity index (χ3n) is 8.08. The standard InChI is InChI=1S/C30H44F4O2/c1-3-5-6-7-21-8-10-22(11-9-21)12-13-23-14-16-24(17-15-23)28(32)25(31)20-36-27-19-18-26(35-4-2)29(33)30(27)34/h12-13,18-19,21-25,28H,3-11,14-17,20H2,1-2H3/b13-12+. The molecule has 0 spiro atoms. The van der Waals surface area contributed by atoms with Crippen molar-refractivity contribution in [2.45, 2.75) is 103 Å². The van der Waals surface area contributed by atoms with E-state index < -0.39 is 36.3 Å². The normalized spacial score (nSPS) is 26.6. The zero-order valence-electron chi connectivity index (χ0n) is 22.0. The second-order valence-electron chi connectivity index (χ2n) is 10.7. The van der Waals surface area contributed by atoms with E-state index in [0.717, 1.165) is 18.8 Å². The summed E-state index contributed by atoms with van der Waals surface area (Å²) in [6.45, 7) is 3.45. The molecular formula is C30H44F4O2. The van der Waals surface area contributed by atoms with Crippen LogP contribution in [0.4, 0.5) is 17.6 Å². The summed E-state index contributed by atoms with van der Waals surface area (Å²) in [6.07, 6.45) is 14.7. The van der Waals surface area contributed by atoms with Gasteiger partial charge in [-0.15, -0.1) is 0 Å². The largest absolute Gasteiger partial charge is 0.491 e. The fourth-order valence-electron chi connectivity index (χ4n) is 5.77. The van der Waals surface area contributed by atoms with Crippen molar-refractivity contribution < 1.29 is 27.0 Å². The molecule has 2 fully saturated rings. The highest BCUT2D eigenvalue weighted by atomic mass is 19.2. The number of unbranched alkanes of at least 4 members (excludes halogenated alkanes) is 2. The highest BCUT2D eigenvalue weighted by Crippen LogP contribution is 2.37. The van der Waals surface area contributed by atoms with Gasteiger partial charge in [0.2, 0.25) is 11.6 Å². The van der Waals surface area contributed by atoms with E-state index in [-0.39, 0.29) is 18.3 Å². The third kappa shape index (κ3) is 8.41. The van der Waals surface area contributed by atoms with E-state index in [2.05, 4.69) is 19.1 Å². The average molecular weight is 513 g/mol. The van der Waals surface area contributed by atoms with Crippen molar-refractivity contribution in [2.75, 3.05) is 13.2 Å². The number of rotatable bonds is 13. The highest BCUT2D eigenvalue weighted by Gasteiger charge is 2.33. The summed E-state index contributed by atoms with van der Waals surface area (Å²) in [5, 5.41) is 0. The van der Waals surface area contributed by atoms with Gasteiger partial charge in [-0.25, -0.2) is 8.78 Å². The lowest BCUT2D eigenvalue weighted by Gasteiger charge is -2.31. The first kappa shape index (κ1) is 28.8. The number of allylic oxidation sites excluding steroid dienone is 2. The van der Waals surface area contributed by atoms with Gasteiger partial charge in [-0.1, -0.05) is 44.8 Å². The maximum atomic E-state index is 14.8. The SMILES string of the molecule is CCCCCC1CCC(/C=C/C2CCC(C(F)C(F)COc3ccc(OCC)c(F)c3F)CC2)CC1. The predicted octanol–water partition coefficient (Wildman–Crippen LogP) is 9.17. The van der Waals surface area contributed by atoms with Crippen molar-refractivity contribution in [3.8, 4) is 11.5 Å². The van der Waals surface area contributed by atoms with Crippen LogP contribution in [0.5, 0.6) is 11.5 Å². The van der Waals surface area contributed by atoms with E-state index in [4.69, 9.17) is 9.47 Å². The highest BCUT2D eigenvalue weighted by molar-refractivity contribution is 5.35. The van der Waals surface area contributed by atoms with Gasteiger partial charge in [-0.2, -0.15) is 8.78 Å².